The Morgan fingerprint density at radius 2 is 1.92 bits per heavy atom. The molecule has 2 aromatic rings. The Morgan fingerprint density at radius 1 is 1.27 bits per heavy atom. The molecule has 0 saturated carbocycles. The average Bonchev–Trinajstić information content (AvgIpc) is 2.92. The third-order valence-corrected chi connectivity index (χ3v) is 5.92. The minimum absolute atomic E-state index is 0.139. The fraction of sp³-hybridized carbons (Fsp3) is 0.429. The number of pyridine rings is 1. The van der Waals surface area contributed by atoms with Crippen molar-refractivity contribution in [3.63, 3.8) is 0 Å². The maximum atomic E-state index is 11.5. The van der Waals surface area contributed by atoms with Crippen LogP contribution in [0.4, 0.5) is 5.82 Å². The second kappa shape index (κ2) is 6.72. The molecule has 2 atom stereocenters. The zero-order valence-electron chi connectivity index (χ0n) is 16.0. The van der Waals surface area contributed by atoms with Crippen LogP contribution in [0.5, 0.6) is 0 Å². The van der Waals surface area contributed by atoms with Crippen LogP contribution in [0.25, 0.3) is 11.1 Å². The number of aromatic nitrogens is 1. The highest BCUT2D eigenvalue weighted by Crippen LogP contribution is 2.40. The molecule has 1 saturated heterocycles. The predicted molar refractivity (Wildman–Crippen MR) is 106 cm³/mol. The molecular formula is C21H28N4O. The van der Waals surface area contributed by atoms with Gasteiger partial charge < -0.3 is 11.5 Å². The monoisotopic (exact) mass is 352 g/mol. The molecule has 0 unspecified atom stereocenters. The number of hydrogen-bond acceptors (Lipinski definition) is 4. The lowest BCUT2D eigenvalue weighted by atomic mass is 9.75. The standard InChI is InChI=1S/C21H28N4O/c1-13(2)25-11-14(3)21(4,12-25)17-7-5-15(6-8-17)16-9-18(20(23)26)19(22)24-10-16/h5-10,13-14H,11-12H2,1-4H3,(H2,22,24)(H2,23,26)/t14-,21-/m1/s1. The number of carbonyl (C=O) groups is 1. The van der Waals surface area contributed by atoms with Crippen LogP contribution in [-0.4, -0.2) is 34.9 Å². The highest BCUT2D eigenvalue weighted by atomic mass is 16.1. The molecule has 5 heteroatoms. The maximum Gasteiger partial charge on any atom is 0.252 e. The number of hydrogen-bond donors (Lipinski definition) is 2. The molecule has 3 rings (SSSR count). The first-order valence-electron chi connectivity index (χ1n) is 9.12. The van der Waals surface area contributed by atoms with Crippen LogP contribution in [0.1, 0.15) is 43.6 Å². The number of benzene rings is 1. The molecule has 0 radical (unpaired) electrons. The number of anilines is 1. The van der Waals surface area contributed by atoms with Gasteiger partial charge in [-0.1, -0.05) is 38.1 Å². The molecule has 1 aliphatic rings. The molecule has 4 N–H and O–H groups in total. The SMILES string of the molecule is CC(C)N1C[C@@H](C)[C@](C)(c2ccc(-c3cnc(N)c(C(N)=O)c3)cc2)C1. The van der Waals surface area contributed by atoms with Crippen molar-refractivity contribution in [1.82, 2.24) is 9.88 Å². The first-order chi connectivity index (χ1) is 12.2. The van der Waals surface area contributed by atoms with Gasteiger partial charge in [-0.3, -0.25) is 9.69 Å². The molecule has 0 aliphatic carbocycles. The van der Waals surface area contributed by atoms with E-state index >= 15 is 0 Å². The molecule has 0 spiro atoms. The number of nitrogens with zero attached hydrogens (tertiary/aromatic N) is 2. The topological polar surface area (TPSA) is 85.2 Å². The highest BCUT2D eigenvalue weighted by Gasteiger charge is 2.42. The Bertz CT molecular complexity index is 815. The van der Waals surface area contributed by atoms with Gasteiger partial charge in [0, 0.05) is 36.3 Å². The first-order valence-corrected chi connectivity index (χ1v) is 9.12. The molecule has 138 valence electrons. The number of amides is 1. The lowest BCUT2D eigenvalue weighted by Gasteiger charge is -2.30. The summed E-state index contributed by atoms with van der Waals surface area (Å²) in [7, 11) is 0. The van der Waals surface area contributed by atoms with Crippen molar-refractivity contribution >= 4 is 11.7 Å². The van der Waals surface area contributed by atoms with Gasteiger partial charge in [0.2, 0.25) is 0 Å². The van der Waals surface area contributed by atoms with Crippen molar-refractivity contribution in [1.29, 1.82) is 0 Å². The van der Waals surface area contributed by atoms with Crippen molar-refractivity contribution in [2.24, 2.45) is 11.7 Å². The lowest BCUT2D eigenvalue weighted by Crippen LogP contribution is -2.33. The number of likely N-dealkylation sites (tertiary alicyclic amines) is 1. The first kappa shape index (κ1) is 18.4. The van der Waals surface area contributed by atoms with Gasteiger partial charge in [-0.15, -0.1) is 0 Å². The number of rotatable bonds is 4. The van der Waals surface area contributed by atoms with E-state index in [1.54, 1.807) is 12.3 Å². The fourth-order valence-corrected chi connectivity index (χ4v) is 3.84. The maximum absolute atomic E-state index is 11.5. The summed E-state index contributed by atoms with van der Waals surface area (Å²) >= 11 is 0. The van der Waals surface area contributed by atoms with Gasteiger partial charge in [-0.05, 0) is 37.0 Å². The molecule has 1 amide bonds. The van der Waals surface area contributed by atoms with E-state index in [0.29, 0.717) is 12.0 Å². The van der Waals surface area contributed by atoms with Crippen molar-refractivity contribution in [3.8, 4) is 11.1 Å². The number of primary amides is 1. The van der Waals surface area contributed by atoms with Crippen molar-refractivity contribution < 1.29 is 4.79 Å². The molecule has 1 fully saturated rings. The number of nitrogens with two attached hydrogens (primary N) is 2. The van der Waals surface area contributed by atoms with E-state index in [-0.39, 0.29) is 16.8 Å². The van der Waals surface area contributed by atoms with Gasteiger partial charge in [-0.2, -0.15) is 0 Å². The van der Waals surface area contributed by atoms with Gasteiger partial charge in [0.05, 0.1) is 5.56 Å². The molecule has 1 aromatic carbocycles. The largest absolute Gasteiger partial charge is 0.383 e. The van der Waals surface area contributed by atoms with Crippen LogP contribution >= 0.6 is 0 Å². The Morgan fingerprint density at radius 3 is 2.46 bits per heavy atom. The lowest BCUT2D eigenvalue weighted by molar-refractivity contribution is 0.100. The zero-order chi connectivity index (χ0) is 19.1. The molecule has 0 bridgehead atoms. The summed E-state index contributed by atoms with van der Waals surface area (Å²) in [5, 5.41) is 0. The van der Waals surface area contributed by atoms with Crippen LogP contribution < -0.4 is 11.5 Å². The smallest absolute Gasteiger partial charge is 0.252 e. The Balaban J connectivity index is 1.90. The van der Waals surface area contributed by atoms with Crippen LogP contribution in [0.3, 0.4) is 0 Å². The molecule has 2 heterocycles. The van der Waals surface area contributed by atoms with E-state index in [9.17, 15) is 4.79 Å². The number of carbonyl (C=O) groups excluding carboxylic acids is 1. The average molecular weight is 352 g/mol. The number of nitrogen functional groups attached to an aromatic ring is 1. The van der Waals surface area contributed by atoms with Crippen LogP contribution in [-0.2, 0) is 5.41 Å². The van der Waals surface area contributed by atoms with Crippen molar-refractivity contribution in [2.45, 2.75) is 39.2 Å². The molecule has 5 nitrogen and oxygen atoms in total. The van der Waals surface area contributed by atoms with Crippen LogP contribution in [0.15, 0.2) is 36.5 Å². The summed E-state index contributed by atoms with van der Waals surface area (Å²) < 4.78 is 0. The minimum Gasteiger partial charge on any atom is -0.383 e. The van der Waals surface area contributed by atoms with E-state index in [4.69, 9.17) is 11.5 Å². The van der Waals surface area contributed by atoms with E-state index in [0.717, 1.165) is 24.2 Å². The van der Waals surface area contributed by atoms with Gasteiger partial charge in [-0.25, -0.2) is 4.98 Å². The summed E-state index contributed by atoms with van der Waals surface area (Å²) in [5.41, 5.74) is 14.7. The van der Waals surface area contributed by atoms with Crippen molar-refractivity contribution in [2.75, 3.05) is 18.8 Å². The second-order valence-electron chi connectivity index (χ2n) is 7.94. The van der Waals surface area contributed by atoms with Crippen molar-refractivity contribution in [3.05, 3.63) is 47.7 Å². The Labute approximate surface area is 155 Å². The quantitative estimate of drug-likeness (QED) is 0.885. The zero-order valence-corrected chi connectivity index (χ0v) is 16.0. The molecule has 1 aliphatic heterocycles. The van der Waals surface area contributed by atoms with E-state index in [2.05, 4.69) is 61.8 Å². The van der Waals surface area contributed by atoms with Gasteiger partial charge in [0.25, 0.3) is 5.91 Å². The third-order valence-electron chi connectivity index (χ3n) is 5.92. The van der Waals surface area contributed by atoms with E-state index < -0.39 is 5.91 Å². The highest BCUT2D eigenvalue weighted by molar-refractivity contribution is 5.98. The third kappa shape index (κ3) is 3.19. The normalized spacial score (nSPS) is 23.5. The summed E-state index contributed by atoms with van der Waals surface area (Å²) in [6.07, 6.45) is 1.68. The van der Waals surface area contributed by atoms with Crippen LogP contribution in [0, 0.1) is 5.92 Å². The Kier molecular flexibility index (Phi) is 4.76. The summed E-state index contributed by atoms with van der Waals surface area (Å²) in [6, 6.07) is 10.8. The summed E-state index contributed by atoms with van der Waals surface area (Å²) in [4.78, 5) is 18.1. The Hall–Kier alpha value is -2.40. The molecule has 1 aromatic heterocycles. The molecular weight excluding hydrogens is 324 g/mol. The summed E-state index contributed by atoms with van der Waals surface area (Å²) in [6.45, 7) is 11.4. The second-order valence-corrected chi connectivity index (χ2v) is 7.94. The van der Waals surface area contributed by atoms with E-state index in [1.807, 2.05) is 0 Å². The fourth-order valence-electron chi connectivity index (χ4n) is 3.84. The van der Waals surface area contributed by atoms with Gasteiger partial charge in [0.1, 0.15) is 5.82 Å². The molecule has 26 heavy (non-hydrogen) atoms. The predicted octanol–water partition coefficient (Wildman–Crippen LogP) is 3.05. The van der Waals surface area contributed by atoms with E-state index in [1.165, 1.54) is 5.56 Å². The van der Waals surface area contributed by atoms with Gasteiger partial charge >= 0.3 is 0 Å². The van der Waals surface area contributed by atoms with Crippen LogP contribution in [0.2, 0.25) is 0 Å². The summed E-state index contributed by atoms with van der Waals surface area (Å²) in [5.74, 6) is 0.198. The van der Waals surface area contributed by atoms with Gasteiger partial charge in [0.15, 0.2) is 0 Å². The minimum atomic E-state index is -0.561.